The Morgan fingerprint density at radius 1 is 1.00 bits per heavy atom. The van der Waals surface area contributed by atoms with Gasteiger partial charge in [-0.2, -0.15) is 4.31 Å². The van der Waals surface area contributed by atoms with Crippen molar-refractivity contribution in [3.63, 3.8) is 0 Å². The molecule has 0 radical (unpaired) electrons. The monoisotopic (exact) mass is 492 g/mol. The molecule has 0 aliphatic carbocycles. The maximum Gasteiger partial charge on any atom is 0.243 e. The van der Waals surface area contributed by atoms with Crippen LogP contribution in [-0.4, -0.2) is 37.8 Å². The van der Waals surface area contributed by atoms with Crippen molar-refractivity contribution >= 4 is 31.9 Å². The maximum atomic E-state index is 12.6. The molecule has 5 nitrogen and oxygen atoms in total. The molecule has 3 rings (SSSR count). The van der Waals surface area contributed by atoms with Gasteiger partial charge in [0.05, 0.1) is 4.90 Å². The van der Waals surface area contributed by atoms with Crippen LogP contribution in [0.3, 0.4) is 0 Å². The molecule has 0 aromatic heterocycles. The highest BCUT2D eigenvalue weighted by atomic mass is 79.9. The molecule has 0 spiro atoms. The third kappa shape index (κ3) is 6.40. The van der Waals surface area contributed by atoms with Gasteiger partial charge in [-0.05, 0) is 74.4 Å². The average molecular weight is 493 g/mol. The van der Waals surface area contributed by atoms with E-state index in [0.29, 0.717) is 30.8 Å². The van der Waals surface area contributed by atoms with Gasteiger partial charge in [0.25, 0.3) is 0 Å². The van der Waals surface area contributed by atoms with Crippen LogP contribution in [0.25, 0.3) is 0 Å². The Kier molecular flexibility index (Phi) is 8.08. The lowest BCUT2D eigenvalue weighted by molar-refractivity contribution is -0.121. The molecular weight excluding hydrogens is 464 g/mol. The van der Waals surface area contributed by atoms with Crippen LogP contribution in [0, 0.1) is 0 Å². The minimum atomic E-state index is -3.38. The molecule has 1 saturated heterocycles. The van der Waals surface area contributed by atoms with E-state index in [9.17, 15) is 13.2 Å². The summed E-state index contributed by atoms with van der Waals surface area (Å²) in [5.74, 6) is 0.0204. The fourth-order valence-corrected chi connectivity index (χ4v) is 5.40. The number of hydrogen-bond donors (Lipinski definition) is 1. The molecule has 7 heteroatoms. The minimum Gasteiger partial charge on any atom is -0.354 e. The van der Waals surface area contributed by atoms with Crippen molar-refractivity contribution in [2.24, 2.45) is 0 Å². The van der Waals surface area contributed by atoms with Crippen molar-refractivity contribution in [2.75, 3.05) is 13.1 Å². The van der Waals surface area contributed by atoms with E-state index in [2.05, 4.69) is 33.4 Å². The van der Waals surface area contributed by atoms with E-state index in [0.717, 1.165) is 35.7 Å². The van der Waals surface area contributed by atoms with Gasteiger partial charge in [-0.15, -0.1) is 0 Å². The number of sulfonamides is 1. The molecule has 30 heavy (non-hydrogen) atoms. The first kappa shape index (κ1) is 23.0. The van der Waals surface area contributed by atoms with Gasteiger partial charge >= 0.3 is 0 Å². The lowest BCUT2D eigenvalue weighted by Crippen LogP contribution is -2.33. The fraction of sp³-hybridized carbons (Fsp3) is 0.435. The quantitative estimate of drug-likeness (QED) is 0.567. The van der Waals surface area contributed by atoms with Crippen LogP contribution in [0.5, 0.6) is 0 Å². The average Bonchev–Trinajstić information content (AvgIpc) is 3.28. The van der Waals surface area contributed by atoms with Crippen LogP contribution in [0.2, 0.25) is 0 Å². The van der Waals surface area contributed by atoms with Crippen LogP contribution >= 0.6 is 15.9 Å². The number of aryl methyl sites for hydroxylation is 2. The normalized spacial score (nSPS) is 15.8. The number of benzene rings is 2. The Balaban J connectivity index is 1.43. The maximum absolute atomic E-state index is 12.6. The van der Waals surface area contributed by atoms with E-state index in [-0.39, 0.29) is 11.9 Å². The zero-order valence-electron chi connectivity index (χ0n) is 17.3. The van der Waals surface area contributed by atoms with Gasteiger partial charge in [0, 0.05) is 30.0 Å². The summed E-state index contributed by atoms with van der Waals surface area (Å²) in [6, 6.07) is 15.3. The van der Waals surface area contributed by atoms with Crippen molar-refractivity contribution in [1.82, 2.24) is 9.62 Å². The molecule has 1 heterocycles. The predicted octanol–water partition coefficient (Wildman–Crippen LogP) is 4.30. The van der Waals surface area contributed by atoms with E-state index in [1.165, 1.54) is 5.56 Å². The Labute approximate surface area is 188 Å². The molecule has 1 N–H and O–H groups in total. The molecule has 162 valence electrons. The topological polar surface area (TPSA) is 66.5 Å². The first-order valence-electron chi connectivity index (χ1n) is 10.5. The first-order valence-corrected chi connectivity index (χ1v) is 12.7. The zero-order chi connectivity index (χ0) is 21.6. The smallest absolute Gasteiger partial charge is 0.243 e. The first-order chi connectivity index (χ1) is 14.3. The van der Waals surface area contributed by atoms with Gasteiger partial charge in [0.15, 0.2) is 0 Å². The van der Waals surface area contributed by atoms with Gasteiger partial charge in [-0.25, -0.2) is 8.42 Å². The lowest BCUT2D eigenvalue weighted by Gasteiger charge is -2.16. The van der Waals surface area contributed by atoms with E-state index in [1.807, 2.05) is 31.2 Å². The minimum absolute atomic E-state index is 0.0204. The van der Waals surface area contributed by atoms with E-state index < -0.39 is 10.0 Å². The second-order valence-corrected chi connectivity index (χ2v) is 10.7. The number of carbonyl (C=O) groups is 1. The molecule has 0 saturated carbocycles. The number of nitrogens with zero attached hydrogens (tertiary/aromatic N) is 1. The number of hydrogen-bond acceptors (Lipinski definition) is 3. The van der Waals surface area contributed by atoms with Gasteiger partial charge in [-0.1, -0.05) is 40.2 Å². The second-order valence-electron chi connectivity index (χ2n) is 7.89. The van der Waals surface area contributed by atoms with Crippen molar-refractivity contribution in [3.8, 4) is 0 Å². The van der Waals surface area contributed by atoms with Crippen LogP contribution in [0.1, 0.15) is 43.7 Å². The summed E-state index contributed by atoms with van der Waals surface area (Å²) in [4.78, 5) is 12.6. The number of halogens is 1. The predicted molar refractivity (Wildman–Crippen MR) is 123 cm³/mol. The Morgan fingerprint density at radius 2 is 1.57 bits per heavy atom. The third-order valence-corrected chi connectivity index (χ3v) is 7.90. The zero-order valence-corrected chi connectivity index (χ0v) is 19.7. The highest BCUT2D eigenvalue weighted by Gasteiger charge is 2.26. The summed E-state index contributed by atoms with van der Waals surface area (Å²) in [5, 5.41) is 3.05. The SMILES string of the molecule is CC(CCc1ccc(Br)cc1)NC(=O)CCc1ccc(S(=O)(=O)N2CCCC2)cc1. The highest BCUT2D eigenvalue weighted by molar-refractivity contribution is 9.10. The standard InChI is InChI=1S/C23H29BrN2O3S/c1-18(4-5-19-6-11-21(24)12-7-19)25-23(27)15-10-20-8-13-22(14-9-20)30(28,29)26-16-2-3-17-26/h6-9,11-14,18H,2-5,10,15-17H2,1H3,(H,25,27). The number of nitrogens with one attached hydrogen (secondary N) is 1. The summed E-state index contributed by atoms with van der Waals surface area (Å²) in [5.41, 5.74) is 2.22. The molecule has 1 unspecified atom stereocenters. The third-order valence-electron chi connectivity index (χ3n) is 5.45. The van der Waals surface area contributed by atoms with Crippen LogP contribution in [0.4, 0.5) is 0 Å². The van der Waals surface area contributed by atoms with Crippen molar-refractivity contribution in [3.05, 3.63) is 64.1 Å². The summed E-state index contributed by atoms with van der Waals surface area (Å²) in [6.45, 7) is 3.23. The summed E-state index contributed by atoms with van der Waals surface area (Å²) >= 11 is 3.43. The number of rotatable bonds is 9. The fourth-order valence-electron chi connectivity index (χ4n) is 3.62. The van der Waals surface area contributed by atoms with Crippen molar-refractivity contribution < 1.29 is 13.2 Å². The molecule has 1 atom stereocenters. The van der Waals surface area contributed by atoms with Crippen molar-refractivity contribution in [2.45, 2.75) is 56.4 Å². The Hall–Kier alpha value is -1.70. The van der Waals surface area contributed by atoms with Crippen LogP contribution in [0.15, 0.2) is 57.9 Å². The number of carbonyl (C=O) groups excluding carboxylic acids is 1. The lowest BCUT2D eigenvalue weighted by atomic mass is 10.1. The molecule has 2 aromatic rings. The number of amides is 1. The van der Waals surface area contributed by atoms with E-state index in [4.69, 9.17) is 0 Å². The van der Waals surface area contributed by atoms with Gasteiger partial charge in [-0.3, -0.25) is 4.79 Å². The second kappa shape index (κ2) is 10.6. The van der Waals surface area contributed by atoms with Crippen molar-refractivity contribution in [1.29, 1.82) is 0 Å². The Bertz CT molecular complexity index is 937. The Morgan fingerprint density at radius 3 is 2.20 bits per heavy atom. The molecular formula is C23H29BrN2O3S. The molecule has 1 aliphatic rings. The van der Waals surface area contributed by atoms with Gasteiger partial charge < -0.3 is 5.32 Å². The molecule has 2 aromatic carbocycles. The van der Waals surface area contributed by atoms with E-state index in [1.54, 1.807) is 16.4 Å². The summed E-state index contributed by atoms with van der Waals surface area (Å²) < 4.78 is 27.8. The largest absolute Gasteiger partial charge is 0.354 e. The molecule has 1 amide bonds. The molecule has 1 fully saturated rings. The van der Waals surface area contributed by atoms with Crippen LogP contribution in [-0.2, 0) is 27.7 Å². The highest BCUT2D eigenvalue weighted by Crippen LogP contribution is 2.21. The summed E-state index contributed by atoms with van der Waals surface area (Å²) in [6.07, 6.45) is 4.64. The molecule has 1 aliphatic heterocycles. The van der Waals surface area contributed by atoms with Crippen LogP contribution < -0.4 is 5.32 Å². The molecule has 0 bridgehead atoms. The van der Waals surface area contributed by atoms with Gasteiger partial charge in [0.1, 0.15) is 0 Å². The van der Waals surface area contributed by atoms with E-state index >= 15 is 0 Å². The van der Waals surface area contributed by atoms with Gasteiger partial charge in [0.2, 0.25) is 15.9 Å². The summed E-state index contributed by atoms with van der Waals surface area (Å²) in [7, 11) is -3.38.